The lowest BCUT2D eigenvalue weighted by Gasteiger charge is -2.26. The van der Waals surface area contributed by atoms with Crippen LogP contribution < -0.4 is 15.9 Å². The Morgan fingerprint density at radius 3 is 2.75 bits per heavy atom. The lowest BCUT2D eigenvalue weighted by Crippen LogP contribution is -2.38. The second kappa shape index (κ2) is 9.32. The van der Waals surface area contributed by atoms with Crippen molar-refractivity contribution in [3.8, 4) is 5.75 Å². The molecule has 1 aliphatic rings. The molecule has 3 N–H and O–H groups in total. The van der Waals surface area contributed by atoms with Gasteiger partial charge < -0.3 is 15.9 Å². The summed E-state index contributed by atoms with van der Waals surface area (Å²) < 4.78 is 7.21. The van der Waals surface area contributed by atoms with Crippen LogP contribution in [-0.4, -0.2) is 32.6 Å². The Balaban J connectivity index is 1.48. The first-order chi connectivity index (χ1) is 13.4. The van der Waals surface area contributed by atoms with Gasteiger partial charge in [-0.2, -0.15) is 0 Å². The predicted molar refractivity (Wildman–Crippen MR) is 111 cm³/mol. The molecule has 2 aromatic rings. The van der Waals surface area contributed by atoms with Gasteiger partial charge in [0.2, 0.25) is 11.1 Å². The zero-order chi connectivity index (χ0) is 20.1. The van der Waals surface area contributed by atoms with Crippen LogP contribution in [0, 0.1) is 19.8 Å². The van der Waals surface area contributed by atoms with Gasteiger partial charge in [0, 0.05) is 6.04 Å². The maximum atomic E-state index is 12.2. The maximum Gasteiger partial charge on any atom is 0.230 e. The fraction of sp³-hybridized carbons (Fsp3) is 0.550. The molecule has 1 fully saturated rings. The molecule has 1 heterocycles. The molecule has 0 spiro atoms. The van der Waals surface area contributed by atoms with E-state index in [-0.39, 0.29) is 18.3 Å². The number of nitrogens with two attached hydrogens (primary N) is 1. The monoisotopic (exact) mass is 403 g/mol. The van der Waals surface area contributed by atoms with E-state index in [1.54, 1.807) is 0 Å². The zero-order valence-corrected chi connectivity index (χ0v) is 17.6. The van der Waals surface area contributed by atoms with Gasteiger partial charge in [-0.05, 0) is 57.1 Å². The minimum Gasteiger partial charge on any atom is -0.485 e. The summed E-state index contributed by atoms with van der Waals surface area (Å²) in [5.74, 6) is 8.45. The Labute approximate surface area is 170 Å². The Morgan fingerprint density at radius 2 is 2.04 bits per heavy atom. The number of rotatable bonds is 7. The molecule has 28 heavy (non-hydrogen) atoms. The number of aryl methyl sites for hydroxylation is 2. The first-order valence-electron chi connectivity index (χ1n) is 9.74. The van der Waals surface area contributed by atoms with E-state index in [9.17, 15) is 4.79 Å². The summed E-state index contributed by atoms with van der Waals surface area (Å²) in [4.78, 5) is 12.2. The molecule has 0 atom stereocenters. The number of hydrogen-bond donors (Lipinski definition) is 2. The average Bonchev–Trinajstić information content (AvgIpc) is 3.01. The molecule has 1 saturated carbocycles. The molecule has 152 valence electrons. The normalized spacial score (nSPS) is 19.4. The van der Waals surface area contributed by atoms with E-state index in [0.717, 1.165) is 30.1 Å². The molecule has 1 aliphatic carbocycles. The maximum absolute atomic E-state index is 12.2. The third-order valence-electron chi connectivity index (χ3n) is 5.14. The van der Waals surface area contributed by atoms with Gasteiger partial charge in [-0.3, -0.25) is 4.79 Å². The largest absolute Gasteiger partial charge is 0.485 e. The van der Waals surface area contributed by atoms with Crippen molar-refractivity contribution in [3.05, 3.63) is 35.2 Å². The standard InChI is InChI=1S/C20H29N5O2S/c1-13-4-7-16(8-5-13)22-19(26)12-28-20-24-23-18(25(20)21)11-27-17-9-6-14(2)10-15(17)3/h6,9-10,13,16H,4-5,7-8,11-12,21H2,1-3H3,(H,22,26). The van der Waals surface area contributed by atoms with E-state index in [4.69, 9.17) is 10.6 Å². The topological polar surface area (TPSA) is 95.1 Å². The number of amides is 1. The molecule has 8 heteroatoms. The number of carbonyl (C=O) groups excluding carboxylic acids is 1. The van der Waals surface area contributed by atoms with Crippen LogP contribution in [0.15, 0.2) is 23.4 Å². The highest BCUT2D eigenvalue weighted by molar-refractivity contribution is 7.99. The smallest absolute Gasteiger partial charge is 0.230 e. The van der Waals surface area contributed by atoms with Gasteiger partial charge in [-0.15, -0.1) is 10.2 Å². The lowest BCUT2D eigenvalue weighted by atomic mass is 9.87. The second-order valence-electron chi connectivity index (χ2n) is 7.64. The summed E-state index contributed by atoms with van der Waals surface area (Å²) in [7, 11) is 0. The van der Waals surface area contributed by atoms with Crippen LogP contribution in [0.2, 0.25) is 0 Å². The van der Waals surface area contributed by atoms with Gasteiger partial charge in [0.15, 0.2) is 5.82 Å². The van der Waals surface area contributed by atoms with E-state index in [2.05, 4.69) is 28.5 Å². The van der Waals surface area contributed by atoms with Crippen molar-refractivity contribution in [2.45, 2.75) is 64.3 Å². The van der Waals surface area contributed by atoms with Crippen LogP contribution in [0.1, 0.15) is 49.6 Å². The Hall–Kier alpha value is -2.22. The highest BCUT2D eigenvalue weighted by Gasteiger charge is 2.20. The SMILES string of the molecule is Cc1ccc(OCc2nnc(SCC(=O)NC3CCC(C)CC3)n2N)c(C)c1. The summed E-state index contributed by atoms with van der Waals surface area (Å²) in [6.07, 6.45) is 4.48. The van der Waals surface area contributed by atoms with Crippen molar-refractivity contribution in [1.29, 1.82) is 0 Å². The molecule has 1 amide bonds. The zero-order valence-electron chi connectivity index (χ0n) is 16.8. The quantitative estimate of drug-likeness (QED) is 0.545. The van der Waals surface area contributed by atoms with Crippen LogP contribution in [0.25, 0.3) is 0 Å². The van der Waals surface area contributed by atoms with Crippen LogP contribution >= 0.6 is 11.8 Å². The summed E-state index contributed by atoms with van der Waals surface area (Å²) in [6, 6.07) is 6.30. The van der Waals surface area contributed by atoms with Crippen molar-refractivity contribution in [3.63, 3.8) is 0 Å². The second-order valence-corrected chi connectivity index (χ2v) is 8.58. The van der Waals surface area contributed by atoms with Crippen molar-refractivity contribution in [1.82, 2.24) is 20.2 Å². The molecular formula is C20H29N5O2S. The Morgan fingerprint density at radius 1 is 1.29 bits per heavy atom. The predicted octanol–water partition coefficient (Wildman–Crippen LogP) is 2.97. The summed E-state index contributed by atoms with van der Waals surface area (Å²) >= 11 is 1.29. The molecule has 7 nitrogen and oxygen atoms in total. The number of nitrogens with zero attached hydrogens (tertiary/aromatic N) is 3. The number of nitrogen functional groups attached to an aromatic ring is 1. The fourth-order valence-corrected chi connectivity index (χ4v) is 4.10. The van der Waals surface area contributed by atoms with Crippen LogP contribution in [-0.2, 0) is 11.4 Å². The molecule has 0 aliphatic heterocycles. The van der Waals surface area contributed by atoms with Crippen LogP contribution in [0.5, 0.6) is 5.75 Å². The van der Waals surface area contributed by atoms with Gasteiger partial charge in [0.25, 0.3) is 0 Å². The fourth-order valence-electron chi connectivity index (χ4n) is 3.41. The Bertz CT molecular complexity index is 815. The molecule has 3 rings (SSSR count). The van der Waals surface area contributed by atoms with Gasteiger partial charge in [0.1, 0.15) is 12.4 Å². The number of carbonyl (C=O) groups is 1. The van der Waals surface area contributed by atoms with E-state index in [0.29, 0.717) is 17.0 Å². The average molecular weight is 404 g/mol. The molecule has 0 radical (unpaired) electrons. The van der Waals surface area contributed by atoms with Crippen molar-refractivity contribution in [2.75, 3.05) is 11.6 Å². The van der Waals surface area contributed by atoms with E-state index in [1.165, 1.54) is 34.8 Å². The minimum absolute atomic E-state index is 0.0145. The van der Waals surface area contributed by atoms with Crippen molar-refractivity contribution < 1.29 is 9.53 Å². The van der Waals surface area contributed by atoms with Gasteiger partial charge in [-0.1, -0.05) is 36.4 Å². The van der Waals surface area contributed by atoms with E-state index in [1.807, 2.05) is 26.0 Å². The first kappa shape index (κ1) is 20.5. The number of ether oxygens (including phenoxy) is 1. The molecule has 1 aromatic carbocycles. The third kappa shape index (κ3) is 5.41. The molecular weight excluding hydrogens is 374 g/mol. The number of hydrogen-bond acceptors (Lipinski definition) is 6. The highest BCUT2D eigenvalue weighted by Crippen LogP contribution is 2.24. The van der Waals surface area contributed by atoms with E-state index >= 15 is 0 Å². The molecule has 0 bridgehead atoms. The number of thioether (sulfide) groups is 1. The van der Waals surface area contributed by atoms with E-state index < -0.39 is 0 Å². The van der Waals surface area contributed by atoms with Gasteiger partial charge in [0.05, 0.1) is 5.75 Å². The minimum atomic E-state index is 0.0145. The van der Waals surface area contributed by atoms with Crippen molar-refractivity contribution in [2.24, 2.45) is 5.92 Å². The van der Waals surface area contributed by atoms with Gasteiger partial charge >= 0.3 is 0 Å². The van der Waals surface area contributed by atoms with Crippen molar-refractivity contribution >= 4 is 17.7 Å². The molecule has 0 unspecified atom stereocenters. The summed E-state index contributed by atoms with van der Waals surface area (Å²) in [5, 5.41) is 11.8. The number of nitrogens with one attached hydrogen (secondary N) is 1. The van der Waals surface area contributed by atoms with Gasteiger partial charge in [-0.25, -0.2) is 4.68 Å². The first-order valence-corrected chi connectivity index (χ1v) is 10.7. The Kier molecular flexibility index (Phi) is 6.83. The lowest BCUT2D eigenvalue weighted by molar-refractivity contribution is -0.119. The summed E-state index contributed by atoms with van der Waals surface area (Å²) in [5.41, 5.74) is 2.25. The molecule has 0 saturated heterocycles. The van der Waals surface area contributed by atoms with Crippen LogP contribution in [0.3, 0.4) is 0 Å². The number of aromatic nitrogens is 3. The number of benzene rings is 1. The third-order valence-corrected chi connectivity index (χ3v) is 6.08. The summed E-state index contributed by atoms with van der Waals surface area (Å²) in [6.45, 7) is 6.54. The van der Waals surface area contributed by atoms with Crippen LogP contribution in [0.4, 0.5) is 0 Å². The highest BCUT2D eigenvalue weighted by atomic mass is 32.2. The molecule has 1 aromatic heterocycles.